The van der Waals surface area contributed by atoms with Gasteiger partial charge in [0.2, 0.25) is 0 Å². The Labute approximate surface area is 103 Å². The Hall–Kier alpha value is -1.50. The maximum absolute atomic E-state index is 5.43. The van der Waals surface area contributed by atoms with Gasteiger partial charge in [-0.1, -0.05) is 12.0 Å². The van der Waals surface area contributed by atoms with Crippen molar-refractivity contribution in [2.75, 3.05) is 33.8 Å². The number of piperazine rings is 1. The van der Waals surface area contributed by atoms with Crippen molar-refractivity contribution in [1.82, 2.24) is 10.2 Å². The van der Waals surface area contributed by atoms with Crippen LogP contribution in [-0.2, 0) is 0 Å². The highest BCUT2D eigenvalue weighted by Crippen LogP contribution is 2.26. The number of rotatable bonds is 2. The quantitative estimate of drug-likeness (QED) is 0.774. The Morgan fingerprint density at radius 1 is 1.53 bits per heavy atom. The van der Waals surface area contributed by atoms with E-state index in [-0.39, 0.29) is 0 Å². The summed E-state index contributed by atoms with van der Waals surface area (Å²) in [5.41, 5.74) is 2.05. The fourth-order valence-corrected chi connectivity index (χ4v) is 2.21. The Morgan fingerprint density at radius 2 is 2.35 bits per heavy atom. The van der Waals surface area contributed by atoms with E-state index in [4.69, 9.17) is 11.2 Å². The van der Waals surface area contributed by atoms with E-state index in [0.717, 1.165) is 30.9 Å². The second kappa shape index (κ2) is 5.22. The van der Waals surface area contributed by atoms with Gasteiger partial charge in [-0.2, -0.15) is 0 Å². The van der Waals surface area contributed by atoms with Crippen LogP contribution in [0.25, 0.3) is 0 Å². The lowest BCUT2D eigenvalue weighted by Gasteiger charge is -2.33. The van der Waals surface area contributed by atoms with Crippen molar-refractivity contribution >= 4 is 0 Å². The van der Waals surface area contributed by atoms with Crippen LogP contribution >= 0.6 is 0 Å². The number of hydrogen-bond acceptors (Lipinski definition) is 3. The van der Waals surface area contributed by atoms with Gasteiger partial charge in [-0.25, -0.2) is 0 Å². The molecule has 1 aliphatic rings. The number of nitrogens with zero attached hydrogens (tertiary/aromatic N) is 1. The van der Waals surface area contributed by atoms with Gasteiger partial charge in [0.05, 0.1) is 12.7 Å². The average Bonchev–Trinajstić information content (AvgIpc) is 2.38. The van der Waals surface area contributed by atoms with Crippen molar-refractivity contribution in [3.8, 4) is 18.1 Å². The van der Waals surface area contributed by atoms with Crippen molar-refractivity contribution < 1.29 is 4.74 Å². The van der Waals surface area contributed by atoms with E-state index < -0.39 is 0 Å². The molecule has 0 radical (unpaired) electrons. The van der Waals surface area contributed by atoms with Gasteiger partial charge in [-0.05, 0) is 24.7 Å². The number of terminal acetylenes is 1. The number of ether oxygens (including phenoxy) is 1. The normalized spacial score (nSPS) is 20.9. The molecule has 3 nitrogen and oxygen atoms in total. The zero-order valence-electron chi connectivity index (χ0n) is 10.4. The lowest BCUT2D eigenvalue weighted by Crippen LogP contribution is -2.43. The monoisotopic (exact) mass is 230 g/mol. The summed E-state index contributed by atoms with van der Waals surface area (Å²) < 4.78 is 5.32. The molecule has 1 fully saturated rings. The summed E-state index contributed by atoms with van der Waals surface area (Å²) in [4.78, 5) is 2.35. The molecule has 1 aliphatic heterocycles. The molecule has 1 unspecified atom stereocenters. The second-order valence-corrected chi connectivity index (χ2v) is 4.30. The first-order chi connectivity index (χ1) is 8.26. The summed E-state index contributed by atoms with van der Waals surface area (Å²) in [5, 5.41) is 3.41. The zero-order valence-corrected chi connectivity index (χ0v) is 10.4. The molecule has 0 amide bonds. The molecular formula is C14H18N2O. The Balaban J connectivity index is 2.30. The third-order valence-corrected chi connectivity index (χ3v) is 3.28. The van der Waals surface area contributed by atoms with Crippen LogP contribution in [0.3, 0.4) is 0 Å². The first kappa shape index (κ1) is 12.0. The van der Waals surface area contributed by atoms with Crippen LogP contribution in [0.15, 0.2) is 18.2 Å². The summed E-state index contributed by atoms with van der Waals surface area (Å²) in [6.45, 7) is 3.07. The Bertz CT molecular complexity index is 436. The van der Waals surface area contributed by atoms with Crippen LogP contribution in [0.4, 0.5) is 0 Å². The van der Waals surface area contributed by atoms with Gasteiger partial charge < -0.3 is 10.1 Å². The SMILES string of the molecule is C#Cc1ccc(C2CNCCN2C)cc1OC. The summed E-state index contributed by atoms with van der Waals surface area (Å²) in [7, 11) is 3.80. The smallest absolute Gasteiger partial charge is 0.134 e. The Morgan fingerprint density at radius 3 is 3.00 bits per heavy atom. The van der Waals surface area contributed by atoms with E-state index in [1.807, 2.05) is 12.1 Å². The molecule has 3 heteroatoms. The summed E-state index contributed by atoms with van der Waals surface area (Å²) in [6.07, 6.45) is 5.43. The van der Waals surface area contributed by atoms with Gasteiger partial charge in [0.1, 0.15) is 5.75 Å². The van der Waals surface area contributed by atoms with Crippen molar-refractivity contribution in [3.63, 3.8) is 0 Å². The first-order valence-corrected chi connectivity index (χ1v) is 5.81. The highest BCUT2D eigenvalue weighted by atomic mass is 16.5. The summed E-state index contributed by atoms with van der Waals surface area (Å²) >= 11 is 0. The molecule has 17 heavy (non-hydrogen) atoms. The molecule has 2 rings (SSSR count). The molecule has 90 valence electrons. The fourth-order valence-electron chi connectivity index (χ4n) is 2.21. The molecule has 0 spiro atoms. The predicted octanol–water partition coefficient (Wildman–Crippen LogP) is 1.25. The van der Waals surface area contributed by atoms with Crippen LogP contribution in [-0.4, -0.2) is 38.7 Å². The molecule has 1 atom stereocenters. The number of methoxy groups -OCH3 is 1. The Kier molecular flexibility index (Phi) is 3.68. The molecule has 0 aliphatic carbocycles. The minimum Gasteiger partial charge on any atom is -0.495 e. The first-order valence-electron chi connectivity index (χ1n) is 5.81. The number of benzene rings is 1. The highest BCUT2D eigenvalue weighted by Gasteiger charge is 2.21. The third kappa shape index (κ3) is 2.44. The lowest BCUT2D eigenvalue weighted by atomic mass is 10.0. The zero-order chi connectivity index (χ0) is 12.3. The number of hydrogen-bond donors (Lipinski definition) is 1. The maximum Gasteiger partial charge on any atom is 0.134 e. The standard InChI is InChI=1S/C14H18N2O/c1-4-11-5-6-12(9-14(11)17-3)13-10-15-7-8-16(13)2/h1,5-6,9,13,15H,7-8,10H2,2-3H3. The summed E-state index contributed by atoms with van der Waals surface area (Å²) in [6, 6.07) is 6.48. The van der Waals surface area contributed by atoms with Crippen molar-refractivity contribution in [2.45, 2.75) is 6.04 Å². The predicted molar refractivity (Wildman–Crippen MR) is 69.2 cm³/mol. The largest absolute Gasteiger partial charge is 0.495 e. The molecular weight excluding hydrogens is 212 g/mol. The topological polar surface area (TPSA) is 24.5 Å². The molecule has 0 bridgehead atoms. The van der Waals surface area contributed by atoms with E-state index >= 15 is 0 Å². The van der Waals surface area contributed by atoms with Crippen LogP contribution in [0, 0.1) is 12.3 Å². The van der Waals surface area contributed by atoms with E-state index in [9.17, 15) is 0 Å². The average molecular weight is 230 g/mol. The second-order valence-electron chi connectivity index (χ2n) is 4.30. The van der Waals surface area contributed by atoms with Crippen LogP contribution in [0.2, 0.25) is 0 Å². The minimum atomic E-state index is 0.393. The number of nitrogens with one attached hydrogen (secondary N) is 1. The third-order valence-electron chi connectivity index (χ3n) is 3.28. The molecule has 0 aromatic heterocycles. The summed E-state index contributed by atoms with van der Waals surface area (Å²) in [5.74, 6) is 3.42. The van der Waals surface area contributed by atoms with Gasteiger partial charge >= 0.3 is 0 Å². The minimum absolute atomic E-state index is 0.393. The van der Waals surface area contributed by atoms with Crippen molar-refractivity contribution in [1.29, 1.82) is 0 Å². The molecule has 0 saturated carbocycles. The number of likely N-dealkylation sites (N-methyl/N-ethyl adjacent to an activating group) is 1. The van der Waals surface area contributed by atoms with Crippen molar-refractivity contribution in [3.05, 3.63) is 29.3 Å². The maximum atomic E-state index is 5.43. The lowest BCUT2D eigenvalue weighted by molar-refractivity contribution is 0.202. The van der Waals surface area contributed by atoms with Crippen LogP contribution in [0.1, 0.15) is 17.2 Å². The van der Waals surface area contributed by atoms with E-state index in [1.54, 1.807) is 7.11 Å². The highest BCUT2D eigenvalue weighted by molar-refractivity contribution is 5.47. The van der Waals surface area contributed by atoms with Gasteiger partial charge in [0.15, 0.2) is 0 Å². The van der Waals surface area contributed by atoms with E-state index in [2.05, 4.69) is 29.3 Å². The molecule has 1 saturated heterocycles. The van der Waals surface area contributed by atoms with E-state index in [0.29, 0.717) is 6.04 Å². The fraction of sp³-hybridized carbons (Fsp3) is 0.429. The molecule has 1 aromatic carbocycles. The van der Waals surface area contributed by atoms with Crippen molar-refractivity contribution in [2.24, 2.45) is 0 Å². The van der Waals surface area contributed by atoms with Gasteiger partial charge in [0.25, 0.3) is 0 Å². The molecule has 1 N–H and O–H groups in total. The van der Waals surface area contributed by atoms with E-state index in [1.165, 1.54) is 5.56 Å². The molecule has 1 aromatic rings. The van der Waals surface area contributed by atoms with Crippen LogP contribution < -0.4 is 10.1 Å². The van der Waals surface area contributed by atoms with Gasteiger partial charge in [0, 0.05) is 25.7 Å². The van der Waals surface area contributed by atoms with Crippen LogP contribution in [0.5, 0.6) is 5.75 Å². The van der Waals surface area contributed by atoms with Gasteiger partial charge in [-0.3, -0.25) is 4.90 Å². The molecule has 1 heterocycles. The van der Waals surface area contributed by atoms with Gasteiger partial charge in [-0.15, -0.1) is 6.42 Å².